The van der Waals surface area contributed by atoms with Gasteiger partial charge in [0.1, 0.15) is 11.1 Å². The van der Waals surface area contributed by atoms with Crippen molar-refractivity contribution in [2.75, 3.05) is 12.4 Å². The van der Waals surface area contributed by atoms with Crippen molar-refractivity contribution in [3.63, 3.8) is 0 Å². The Morgan fingerprint density at radius 3 is 2.58 bits per heavy atom. The van der Waals surface area contributed by atoms with Crippen LogP contribution >= 0.6 is 11.8 Å². The summed E-state index contributed by atoms with van der Waals surface area (Å²) in [6, 6.07) is 12.7. The fourth-order valence-corrected chi connectivity index (χ4v) is 4.18. The molecule has 0 radical (unpaired) electrons. The van der Waals surface area contributed by atoms with E-state index in [4.69, 9.17) is 4.74 Å². The molecule has 2 aromatic rings. The quantitative estimate of drug-likeness (QED) is 0.739. The molecule has 1 saturated heterocycles. The van der Waals surface area contributed by atoms with E-state index in [1.54, 1.807) is 6.07 Å². The van der Waals surface area contributed by atoms with Crippen LogP contribution in [0.15, 0.2) is 48.5 Å². The number of ether oxygens (including phenoxy) is 1. The van der Waals surface area contributed by atoms with E-state index in [9.17, 15) is 18.0 Å². The minimum absolute atomic E-state index is 0.0906. The zero-order valence-corrected chi connectivity index (χ0v) is 14.9. The van der Waals surface area contributed by atoms with Gasteiger partial charge in [0, 0.05) is 12.1 Å². The van der Waals surface area contributed by atoms with Crippen molar-refractivity contribution >= 4 is 17.7 Å². The molecule has 7 heteroatoms. The Balaban J connectivity index is 1.94. The predicted molar refractivity (Wildman–Crippen MR) is 94.8 cm³/mol. The fourth-order valence-electron chi connectivity index (χ4n) is 2.97. The van der Waals surface area contributed by atoms with Gasteiger partial charge in [0.05, 0.1) is 17.9 Å². The van der Waals surface area contributed by atoms with Crippen LogP contribution in [0.5, 0.6) is 5.75 Å². The molecule has 0 saturated carbocycles. The average Bonchev–Trinajstić information content (AvgIpc) is 2.96. The van der Waals surface area contributed by atoms with Gasteiger partial charge in [-0.15, -0.1) is 11.8 Å². The maximum atomic E-state index is 13.3. The van der Waals surface area contributed by atoms with Gasteiger partial charge in [-0.05, 0) is 24.6 Å². The van der Waals surface area contributed by atoms with Crippen molar-refractivity contribution in [1.29, 1.82) is 0 Å². The molecule has 1 unspecified atom stereocenters. The standard InChI is InChI=1S/C19H18F3NO2S/c1-2-25-16-10-6-4-8-14(16)18-23(17(24)12-26-18)11-13-7-3-5-9-15(13)19(20,21)22/h3-10,18H,2,11-12H2,1H3. The Bertz CT molecular complexity index is 794. The van der Waals surface area contributed by atoms with Crippen LogP contribution in [0.4, 0.5) is 13.2 Å². The number of nitrogens with zero attached hydrogens (tertiary/aromatic N) is 1. The van der Waals surface area contributed by atoms with Crippen LogP contribution < -0.4 is 4.74 Å². The molecule has 1 aliphatic rings. The van der Waals surface area contributed by atoms with Crippen molar-refractivity contribution in [3.8, 4) is 5.75 Å². The maximum Gasteiger partial charge on any atom is 0.416 e. The molecule has 1 heterocycles. The lowest BCUT2D eigenvalue weighted by Crippen LogP contribution is -2.29. The highest BCUT2D eigenvalue weighted by Crippen LogP contribution is 2.44. The molecular weight excluding hydrogens is 363 g/mol. The fraction of sp³-hybridized carbons (Fsp3) is 0.316. The zero-order chi connectivity index (χ0) is 18.7. The molecule has 0 aliphatic carbocycles. The first kappa shape index (κ1) is 18.6. The largest absolute Gasteiger partial charge is 0.493 e. The van der Waals surface area contributed by atoms with E-state index in [1.807, 2.05) is 31.2 Å². The molecule has 0 N–H and O–H groups in total. The van der Waals surface area contributed by atoms with E-state index in [0.29, 0.717) is 12.4 Å². The van der Waals surface area contributed by atoms with Crippen molar-refractivity contribution in [2.45, 2.75) is 25.0 Å². The number of hydrogen-bond acceptors (Lipinski definition) is 3. The number of benzene rings is 2. The Kier molecular flexibility index (Phi) is 5.46. The van der Waals surface area contributed by atoms with E-state index < -0.39 is 11.7 Å². The van der Waals surface area contributed by atoms with Gasteiger partial charge in [-0.1, -0.05) is 36.4 Å². The number of amides is 1. The summed E-state index contributed by atoms with van der Waals surface area (Å²) in [6.45, 7) is 2.24. The molecule has 138 valence electrons. The summed E-state index contributed by atoms with van der Waals surface area (Å²) in [4.78, 5) is 13.9. The molecule has 26 heavy (non-hydrogen) atoms. The van der Waals surface area contributed by atoms with Gasteiger partial charge >= 0.3 is 6.18 Å². The topological polar surface area (TPSA) is 29.5 Å². The van der Waals surface area contributed by atoms with Crippen LogP contribution in [0.25, 0.3) is 0 Å². The number of thioether (sulfide) groups is 1. The Labute approximate surface area is 154 Å². The molecule has 0 spiro atoms. The summed E-state index contributed by atoms with van der Waals surface area (Å²) >= 11 is 1.40. The number of alkyl halides is 3. The summed E-state index contributed by atoms with van der Waals surface area (Å²) in [5.74, 6) is 0.707. The van der Waals surface area contributed by atoms with Crippen molar-refractivity contribution in [2.24, 2.45) is 0 Å². The van der Waals surface area contributed by atoms with E-state index in [-0.39, 0.29) is 29.1 Å². The second-order valence-corrected chi connectivity index (χ2v) is 6.88. The van der Waals surface area contributed by atoms with Crippen molar-refractivity contribution in [3.05, 3.63) is 65.2 Å². The first-order valence-corrected chi connectivity index (χ1v) is 9.24. The van der Waals surface area contributed by atoms with Crippen LogP contribution in [-0.4, -0.2) is 23.2 Å². The number of carbonyl (C=O) groups excluding carboxylic acids is 1. The molecule has 1 amide bonds. The predicted octanol–water partition coefficient (Wildman–Crippen LogP) is 4.88. The van der Waals surface area contributed by atoms with Gasteiger partial charge in [-0.3, -0.25) is 4.79 Å². The van der Waals surface area contributed by atoms with Gasteiger partial charge in [0.25, 0.3) is 0 Å². The first-order chi connectivity index (χ1) is 12.4. The van der Waals surface area contributed by atoms with Gasteiger partial charge in [-0.25, -0.2) is 0 Å². The van der Waals surface area contributed by atoms with Gasteiger partial charge in [0.2, 0.25) is 5.91 Å². The highest BCUT2D eigenvalue weighted by Gasteiger charge is 2.38. The average molecular weight is 381 g/mol. The summed E-state index contributed by atoms with van der Waals surface area (Å²) in [5, 5.41) is -0.369. The first-order valence-electron chi connectivity index (χ1n) is 8.19. The Morgan fingerprint density at radius 2 is 1.85 bits per heavy atom. The smallest absolute Gasteiger partial charge is 0.416 e. The minimum Gasteiger partial charge on any atom is -0.493 e. The molecule has 0 aromatic heterocycles. The number of hydrogen-bond donors (Lipinski definition) is 0. The van der Waals surface area contributed by atoms with Crippen LogP contribution in [0.2, 0.25) is 0 Å². The van der Waals surface area contributed by atoms with Crippen LogP contribution in [0.3, 0.4) is 0 Å². The lowest BCUT2D eigenvalue weighted by molar-refractivity contribution is -0.139. The molecule has 3 rings (SSSR count). The molecule has 1 aliphatic heterocycles. The lowest BCUT2D eigenvalue weighted by Gasteiger charge is -2.27. The van der Waals surface area contributed by atoms with Gasteiger partial charge in [-0.2, -0.15) is 13.2 Å². The highest BCUT2D eigenvalue weighted by atomic mass is 32.2. The highest BCUT2D eigenvalue weighted by molar-refractivity contribution is 8.00. The van der Waals surface area contributed by atoms with E-state index >= 15 is 0 Å². The molecule has 2 aromatic carbocycles. The van der Waals surface area contributed by atoms with Gasteiger partial charge in [0.15, 0.2) is 0 Å². The molecule has 0 bridgehead atoms. The van der Waals surface area contributed by atoms with E-state index in [0.717, 1.165) is 11.6 Å². The summed E-state index contributed by atoms with van der Waals surface area (Å²) < 4.78 is 45.5. The van der Waals surface area contributed by atoms with Crippen molar-refractivity contribution in [1.82, 2.24) is 4.90 Å². The molecular formula is C19H18F3NO2S. The maximum absolute atomic E-state index is 13.3. The second kappa shape index (κ2) is 7.61. The molecule has 1 atom stereocenters. The third-order valence-corrected chi connectivity index (χ3v) is 5.35. The minimum atomic E-state index is -4.45. The van der Waals surface area contributed by atoms with Crippen LogP contribution in [0.1, 0.15) is 29.0 Å². The monoisotopic (exact) mass is 381 g/mol. The Morgan fingerprint density at radius 1 is 1.15 bits per heavy atom. The summed E-state index contributed by atoms with van der Waals surface area (Å²) in [7, 11) is 0. The van der Waals surface area contributed by atoms with Crippen LogP contribution in [0, 0.1) is 0 Å². The van der Waals surface area contributed by atoms with E-state index in [1.165, 1.54) is 28.8 Å². The van der Waals surface area contributed by atoms with Crippen LogP contribution in [-0.2, 0) is 17.5 Å². The zero-order valence-electron chi connectivity index (χ0n) is 14.1. The van der Waals surface area contributed by atoms with E-state index in [2.05, 4.69) is 0 Å². The third-order valence-electron chi connectivity index (χ3n) is 4.12. The lowest BCUT2D eigenvalue weighted by atomic mass is 10.1. The second-order valence-electron chi connectivity index (χ2n) is 5.81. The SMILES string of the molecule is CCOc1ccccc1C1SCC(=O)N1Cc1ccccc1C(F)(F)F. The Hall–Kier alpha value is -2.15. The number of rotatable bonds is 5. The number of para-hydroxylation sites is 1. The number of carbonyl (C=O) groups is 1. The summed E-state index contributed by atoms with van der Waals surface area (Å²) in [6.07, 6.45) is -4.45. The molecule has 3 nitrogen and oxygen atoms in total. The third kappa shape index (κ3) is 3.82. The summed E-state index contributed by atoms with van der Waals surface area (Å²) in [5.41, 5.74) is 0.186. The normalized spacial score (nSPS) is 17.6. The molecule has 1 fully saturated rings. The van der Waals surface area contributed by atoms with Gasteiger partial charge < -0.3 is 9.64 Å². The number of halogens is 3. The van der Waals surface area contributed by atoms with Crippen molar-refractivity contribution < 1.29 is 22.7 Å².